The second-order valence-electron chi connectivity index (χ2n) is 6.39. The Labute approximate surface area is 159 Å². The van der Waals surface area contributed by atoms with E-state index in [0.29, 0.717) is 11.1 Å². The standard InChI is InChI=1S/C18H22N2O5S2/c1-12-4-6-15(7-5-12)26(22,23)9-8-18(21)20-17-11-16(27(19,24)25)10-13(2)14(17)3/h4-7,10-11H,8-9H2,1-3H3,(H,20,21)(H2,19,24,25). The molecule has 2 aromatic carbocycles. The van der Waals surface area contributed by atoms with Gasteiger partial charge in [0.2, 0.25) is 15.9 Å². The van der Waals surface area contributed by atoms with Crippen molar-refractivity contribution in [3.05, 3.63) is 53.1 Å². The molecule has 0 heterocycles. The molecular weight excluding hydrogens is 388 g/mol. The van der Waals surface area contributed by atoms with Gasteiger partial charge in [-0.25, -0.2) is 22.0 Å². The lowest BCUT2D eigenvalue weighted by atomic mass is 10.1. The molecule has 0 aliphatic heterocycles. The summed E-state index contributed by atoms with van der Waals surface area (Å²) in [6.07, 6.45) is -0.256. The Bertz CT molecular complexity index is 1070. The number of sulfonamides is 1. The SMILES string of the molecule is Cc1ccc(S(=O)(=O)CCC(=O)Nc2cc(S(N)(=O)=O)cc(C)c2C)cc1. The highest BCUT2D eigenvalue weighted by molar-refractivity contribution is 7.91. The van der Waals surface area contributed by atoms with E-state index in [2.05, 4.69) is 5.32 Å². The minimum absolute atomic E-state index is 0.117. The topological polar surface area (TPSA) is 123 Å². The van der Waals surface area contributed by atoms with E-state index >= 15 is 0 Å². The lowest BCUT2D eigenvalue weighted by Crippen LogP contribution is -2.19. The summed E-state index contributed by atoms with van der Waals surface area (Å²) in [5, 5.41) is 7.72. The molecule has 0 saturated carbocycles. The molecule has 27 heavy (non-hydrogen) atoms. The highest BCUT2D eigenvalue weighted by Gasteiger charge is 2.18. The van der Waals surface area contributed by atoms with Crippen LogP contribution >= 0.6 is 0 Å². The third-order valence-corrected chi connectivity index (χ3v) is 6.85. The number of aryl methyl sites for hydroxylation is 2. The number of carbonyl (C=O) groups is 1. The Balaban J connectivity index is 2.14. The van der Waals surface area contributed by atoms with E-state index in [1.54, 1.807) is 26.0 Å². The average Bonchev–Trinajstić information content (AvgIpc) is 2.56. The van der Waals surface area contributed by atoms with Crippen LogP contribution in [0.25, 0.3) is 0 Å². The van der Waals surface area contributed by atoms with Crippen molar-refractivity contribution in [3.63, 3.8) is 0 Å². The van der Waals surface area contributed by atoms with E-state index < -0.39 is 25.8 Å². The molecule has 0 aliphatic carbocycles. The van der Waals surface area contributed by atoms with Crippen molar-refractivity contribution < 1.29 is 21.6 Å². The maximum absolute atomic E-state index is 12.3. The lowest BCUT2D eigenvalue weighted by Gasteiger charge is -2.13. The van der Waals surface area contributed by atoms with Gasteiger partial charge in [0.05, 0.1) is 15.5 Å². The molecule has 0 unspecified atom stereocenters. The van der Waals surface area contributed by atoms with Crippen molar-refractivity contribution in [2.24, 2.45) is 5.14 Å². The average molecular weight is 411 g/mol. The van der Waals surface area contributed by atoms with Gasteiger partial charge in [0.15, 0.2) is 9.84 Å². The van der Waals surface area contributed by atoms with Gasteiger partial charge in [-0.05, 0) is 56.2 Å². The Morgan fingerprint density at radius 3 is 2.11 bits per heavy atom. The maximum Gasteiger partial charge on any atom is 0.238 e. The molecule has 7 nitrogen and oxygen atoms in total. The van der Waals surface area contributed by atoms with Crippen LogP contribution in [0.3, 0.4) is 0 Å². The van der Waals surface area contributed by atoms with Crippen LogP contribution in [-0.2, 0) is 24.7 Å². The fraction of sp³-hybridized carbons (Fsp3) is 0.278. The van der Waals surface area contributed by atoms with Crippen molar-refractivity contribution in [2.75, 3.05) is 11.1 Å². The molecule has 3 N–H and O–H groups in total. The van der Waals surface area contributed by atoms with Gasteiger partial charge in [-0.3, -0.25) is 4.79 Å². The maximum atomic E-state index is 12.3. The molecular formula is C18H22N2O5S2. The quantitative estimate of drug-likeness (QED) is 0.754. The van der Waals surface area contributed by atoms with Crippen LogP contribution in [-0.4, -0.2) is 28.5 Å². The highest BCUT2D eigenvalue weighted by Crippen LogP contribution is 2.24. The number of nitrogens with two attached hydrogens (primary N) is 1. The number of benzene rings is 2. The van der Waals surface area contributed by atoms with Gasteiger partial charge in [-0.1, -0.05) is 17.7 Å². The number of sulfone groups is 1. The zero-order chi connectivity index (χ0) is 20.4. The zero-order valence-electron chi connectivity index (χ0n) is 15.3. The molecule has 0 aliphatic rings. The minimum atomic E-state index is -3.92. The summed E-state index contributed by atoms with van der Waals surface area (Å²) in [5.41, 5.74) is 2.55. The zero-order valence-corrected chi connectivity index (χ0v) is 16.9. The van der Waals surface area contributed by atoms with Crippen LogP contribution < -0.4 is 10.5 Å². The van der Waals surface area contributed by atoms with Gasteiger partial charge in [-0.2, -0.15) is 0 Å². The Hall–Kier alpha value is -2.23. The molecule has 0 spiro atoms. The fourth-order valence-corrected chi connectivity index (χ4v) is 4.29. The smallest absolute Gasteiger partial charge is 0.238 e. The van der Waals surface area contributed by atoms with Crippen LogP contribution in [0.2, 0.25) is 0 Å². The molecule has 1 amide bonds. The third kappa shape index (κ3) is 5.38. The minimum Gasteiger partial charge on any atom is -0.326 e. The summed E-state index contributed by atoms with van der Waals surface area (Å²) in [6, 6.07) is 9.08. The summed E-state index contributed by atoms with van der Waals surface area (Å²) in [6.45, 7) is 5.27. The van der Waals surface area contributed by atoms with E-state index in [1.807, 2.05) is 6.92 Å². The van der Waals surface area contributed by atoms with Crippen molar-refractivity contribution >= 4 is 31.5 Å². The highest BCUT2D eigenvalue weighted by atomic mass is 32.2. The van der Waals surface area contributed by atoms with Gasteiger partial charge in [-0.15, -0.1) is 0 Å². The predicted molar refractivity (Wildman–Crippen MR) is 104 cm³/mol. The summed E-state index contributed by atoms with van der Waals surface area (Å²) in [4.78, 5) is 12.3. The molecule has 0 fully saturated rings. The number of hydrogen-bond donors (Lipinski definition) is 2. The van der Waals surface area contributed by atoms with Gasteiger partial charge in [0.25, 0.3) is 0 Å². The molecule has 9 heteroatoms. The van der Waals surface area contributed by atoms with E-state index in [4.69, 9.17) is 5.14 Å². The number of primary sulfonamides is 1. The Morgan fingerprint density at radius 1 is 0.963 bits per heavy atom. The van der Waals surface area contributed by atoms with Gasteiger partial charge >= 0.3 is 0 Å². The number of anilines is 1. The van der Waals surface area contributed by atoms with Crippen LogP contribution in [0.4, 0.5) is 5.69 Å². The van der Waals surface area contributed by atoms with E-state index in [1.165, 1.54) is 24.3 Å². The monoisotopic (exact) mass is 410 g/mol. The predicted octanol–water partition coefficient (Wildman–Crippen LogP) is 2.06. The van der Waals surface area contributed by atoms with Crippen LogP contribution in [0.1, 0.15) is 23.1 Å². The first kappa shape index (κ1) is 21.1. The van der Waals surface area contributed by atoms with Crippen molar-refractivity contribution in [3.8, 4) is 0 Å². The molecule has 2 aromatic rings. The van der Waals surface area contributed by atoms with E-state index in [9.17, 15) is 21.6 Å². The molecule has 0 atom stereocenters. The van der Waals surface area contributed by atoms with Gasteiger partial charge in [0.1, 0.15) is 0 Å². The third-order valence-electron chi connectivity index (χ3n) is 4.22. The van der Waals surface area contributed by atoms with Crippen molar-refractivity contribution in [2.45, 2.75) is 37.0 Å². The van der Waals surface area contributed by atoms with Crippen LogP contribution in [0, 0.1) is 20.8 Å². The van der Waals surface area contributed by atoms with Crippen molar-refractivity contribution in [1.82, 2.24) is 0 Å². The molecule has 146 valence electrons. The first-order valence-electron chi connectivity index (χ1n) is 8.13. The number of rotatable bonds is 6. The first-order chi connectivity index (χ1) is 12.4. The first-order valence-corrected chi connectivity index (χ1v) is 11.3. The largest absolute Gasteiger partial charge is 0.326 e. The van der Waals surface area contributed by atoms with E-state index in [-0.39, 0.29) is 27.7 Å². The van der Waals surface area contributed by atoms with E-state index in [0.717, 1.165) is 5.56 Å². The van der Waals surface area contributed by atoms with Crippen LogP contribution in [0.5, 0.6) is 0 Å². The molecule has 0 bridgehead atoms. The molecule has 0 radical (unpaired) electrons. The fourth-order valence-electron chi connectivity index (χ4n) is 2.42. The van der Waals surface area contributed by atoms with Gasteiger partial charge < -0.3 is 5.32 Å². The lowest BCUT2D eigenvalue weighted by molar-refractivity contribution is -0.115. The number of hydrogen-bond acceptors (Lipinski definition) is 5. The molecule has 0 aromatic heterocycles. The number of amides is 1. The normalized spacial score (nSPS) is 12.0. The number of nitrogens with one attached hydrogen (secondary N) is 1. The van der Waals surface area contributed by atoms with Gasteiger partial charge in [0, 0.05) is 12.1 Å². The summed E-state index contributed by atoms with van der Waals surface area (Å²) < 4.78 is 47.8. The van der Waals surface area contributed by atoms with Crippen LogP contribution in [0.15, 0.2) is 46.2 Å². The Morgan fingerprint density at radius 2 is 1.56 bits per heavy atom. The Kier molecular flexibility index (Phi) is 6.08. The molecule has 0 saturated heterocycles. The summed E-state index contributed by atoms with van der Waals surface area (Å²) >= 11 is 0. The molecule has 2 rings (SSSR count). The number of carbonyl (C=O) groups excluding carboxylic acids is 1. The second-order valence-corrected chi connectivity index (χ2v) is 10.1. The summed E-state index contributed by atoms with van der Waals surface area (Å²) in [5.74, 6) is -0.880. The summed E-state index contributed by atoms with van der Waals surface area (Å²) in [7, 11) is -7.51. The second kappa shape index (κ2) is 7.79. The van der Waals surface area contributed by atoms with Crippen molar-refractivity contribution in [1.29, 1.82) is 0 Å².